The number of rotatable bonds is 12. The van der Waals surface area contributed by atoms with Crippen molar-refractivity contribution in [1.82, 2.24) is 9.80 Å². The van der Waals surface area contributed by atoms with Gasteiger partial charge in [-0.3, -0.25) is 14.4 Å². The van der Waals surface area contributed by atoms with Gasteiger partial charge < -0.3 is 19.6 Å². The van der Waals surface area contributed by atoms with Crippen LogP contribution in [0.3, 0.4) is 0 Å². The van der Waals surface area contributed by atoms with Crippen molar-refractivity contribution >= 4 is 29.5 Å². The number of aliphatic hydroxyl groups is 1. The summed E-state index contributed by atoms with van der Waals surface area (Å²) in [6, 6.07) is -0.693. The van der Waals surface area contributed by atoms with Crippen LogP contribution in [0.2, 0.25) is 0 Å². The van der Waals surface area contributed by atoms with E-state index >= 15 is 0 Å². The molecule has 1 spiro atoms. The van der Waals surface area contributed by atoms with Crippen molar-refractivity contribution in [3.05, 3.63) is 25.3 Å². The third-order valence-electron chi connectivity index (χ3n) is 7.11. The number of β-amino-alcohol motifs (C(OH)–C–C–N with tert-alkyl or cyclic N) is 1. The van der Waals surface area contributed by atoms with E-state index in [0.717, 1.165) is 19.3 Å². The van der Waals surface area contributed by atoms with E-state index in [1.54, 1.807) is 28.8 Å². The zero-order valence-electron chi connectivity index (χ0n) is 19.3. The molecule has 3 heterocycles. The lowest BCUT2D eigenvalue weighted by Gasteiger charge is -2.37. The highest BCUT2D eigenvalue weighted by atomic mass is 32.2. The first-order chi connectivity index (χ1) is 15.3. The second-order valence-corrected chi connectivity index (χ2v) is 11.1. The zero-order chi connectivity index (χ0) is 23.5. The van der Waals surface area contributed by atoms with Gasteiger partial charge >= 0.3 is 5.97 Å². The highest BCUT2D eigenvalue weighted by Crippen LogP contribution is 2.71. The van der Waals surface area contributed by atoms with Gasteiger partial charge in [0.1, 0.15) is 6.04 Å². The van der Waals surface area contributed by atoms with E-state index in [-0.39, 0.29) is 37.5 Å². The van der Waals surface area contributed by atoms with Gasteiger partial charge in [-0.15, -0.1) is 24.9 Å². The second kappa shape index (κ2) is 10.00. The molecule has 2 unspecified atom stereocenters. The summed E-state index contributed by atoms with van der Waals surface area (Å²) < 4.78 is 4.40. The quantitative estimate of drug-likeness (QED) is 0.271. The van der Waals surface area contributed by atoms with E-state index in [2.05, 4.69) is 20.1 Å². The molecule has 3 fully saturated rings. The van der Waals surface area contributed by atoms with Crippen LogP contribution in [0.15, 0.2) is 25.3 Å². The smallest absolute Gasteiger partial charge is 0.311 e. The number of unbranched alkanes of at least 4 members (excludes halogenated alkanes) is 1. The van der Waals surface area contributed by atoms with Gasteiger partial charge in [-0.25, -0.2) is 0 Å². The molecule has 7 nitrogen and oxygen atoms in total. The Morgan fingerprint density at radius 2 is 2.09 bits per heavy atom. The summed E-state index contributed by atoms with van der Waals surface area (Å²) in [5.41, 5.74) is 0. The number of carbonyl (C=O) groups excluding carboxylic acids is 3. The Hall–Kier alpha value is -1.80. The van der Waals surface area contributed by atoms with Crippen molar-refractivity contribution in [2.75, 3.05) is 32.8 Å². The Kier molecular flexibility index (Phi) is 7.76. The summed E-state index contributed by atoms with van der Waals surface area (Å²) in [5.74, 6) is -1.90. The van der Waals surface area contributed by atoms with E-state index in [4.69, 9.17) is 4.74 Å². The number of carbonyl (C=O) groups is 3. The van der Waals surface area contributed by atoms with Gasteiger partial charge in [-0.05, 0) is 32.6 Å². The van der Waals surface area contributed by atoms with Crippen molar-refractivity contribution in [2.24, 2.45) is 11.8 Å². The molecule has 1 N–H and O–H groups in total. The minimum Gasteiger partial charge on any atom is -0.465 e. The lowest BCUT2D eigenvalue weighted by molar-refractivity contribution is -0.155. The van der Waals surface area contributed by atoms with E-state index in [1.807, 2.05) is 6.92 Å². The monoisotopic (exact) mass is 464 g/mol. The van der Waals surface area contributed by atoms with Gasteiger partial charge in [0.15, 0.2) is 0 Å². The highest BCUT2D eigenvalue weighted by molar-refractivity contribution is 8.02. The van der Waals surface area contributed by atoms with Gasteiger partial charge in [-0.1, -0.05) is 25.5 Å². The molecule has 178 valence electrons. The van der Waals surface area contributed by atoms with Crippen molar-refractivity contribution < 1.29 is 24.2 Å². The Balaban J connectivity index is 1.98. The Labute approximate surface area is 195 Å². The Morgan fingerprint density at radius 3 is 2.72 bits per heavy atom. The van der Waals surface area contributed by atoms with Crippen molar-refractivity contribution in [2.45, 2.75) is 61.5 Å². The third kappa shape index (κ3) is 4.00. The number of esters is 1. The van der Waals surface area contributed by atoms with Gasteiger partial charge in [0, 0.05) is 24.4 Å². The summed E-state index contributed by atoms with van der Waals surface area (Å²) in [5, 5.41) is 9.68. The van der Waals surface area contributed by atoms with Crippen LogP contribution in [0.25, 0.3) is 0 Å². The molecule has 0 saturated carbocycles. The highest BCUT2D eigenvalue weighted by Gasteiger charge is 2.77. The van der Waals surface area contributed by atoms with Gasteiger partial charge in [0.2, 0.25) is 11.8 Å². The number of likely N-dealkylation sites (tertiary alicyclic amines) is 1. The lowest BCUT2D eigenvalue weighted by atomic mass is 9.66. The molecule has 32 heavy (non-hydrogen) atoms. The largest absolute Gasteiger partial charge is 0.465 e. The van der Waals surface area contributed by atoms with Crippen LogP contribution < -0.4 is 0 Å². The molecule has 0 aromatic carbocycles. The molecule has 2 amide bonds. The fraction of sp³-hybridized carbons (Fsp3) is 0.708. The van der Waals surface area contributed by atoms with Crippen LogP contribution in [0.4, 0.5) is 0 Å². The van der Waals surface area contributed by atoms with E-state index in [1.165, 1.54) is 4.90 Å². The first-order valence-electron chi connectivity index (χ1n) is 11.6. The summed E-state index contributed by atoms with van der Waals surface area (Å²) in [7, 11) is 0. The van der Waals surface area contributed by atoms with Crippen LogP contribution >= 0.6 is 11.8 Å². The first kappa shape index (κ1) is 24.8. The maximum Gasteiger partial charge on any atom is 0.311 e. The van der Waals surface area contributed by atoms with Crippen LogP contribution in [0, 0.1) is 11.8 Å². The lowest BCUT2D eigenvalue weighted by Crippen LogP contribution is -2.55. The summed E-state index contributed by atoms with van der Waals surface area (Å²) in [4.78, 5) is 43.9. The van der Waals surface area contributed by atoms with Gasteiger partial charge in [-0.2, -0.15) is 0 Å². The number of fused-ring (bicyclic) bond motifs is 1. The second-order valence-electron chi connectivity index (χ2n) is 9.15. The Bertz CT molecular complexity index is 773. The summed E-state index contributed by atoms with van der Waals surface area (Å²) in [6.07, 6.45) is 7.19. The molecule has 0 aliphatic carbocycles. The van der Waals surface area contributed by atoms with Crippen molar-refractivity contribution in [1.29, 1.82) is 0 Å². The minimum absolute atomic E-state index is 0.0820. The van der Waals surface area contributed by atoms with Crippen LogP contribution in [0.5, 0.6) is 0 Å². The fourth-order valence-corrected chi connectivity index (χ4v) is 8.05. The SMILES string of the molecule is C=CCCOC(=O)[C@H]1[C@H]2C(=O)N(CCO)C(C(=O)N(CC=C)CCCC)C23CC[C@]1(C)S3. The Morgan fingerprint density at radius 1 is 1.34 bits per heavy atom. The van der Waals surface area contributed by atoms with Crippen LogP contribution in [-0.4, -0.2) is 81.1 Å². The molecule has 3 aliphatic rings. The molecule has 2 bridgehead atoms. The minimum atomic E-state index is -0.693. The van der Waals surface area contributed by atoms with E-state index in [9.17, 15) is 19.5 Å². The topological polar surface area (TPSA) is 87.1 Å². The molecule has 3 rings (SSSR count). The summed E-state index contributed by atoms with van der Waals surface area (Å²) >= 11 is 1.62. The number of ether oxygens (including phenoxy) is 1. The first-order valence-corrected chi connectivity index (χ1v) is 12.4. The standard InChI is InChI=1S/C24H36N2O5S/c1-5-8-13-25(12-7-3)21(29)19-24-11-10-23(4,32-24)18(22(30)31-16-9-6-2)17(24)20(28)26(19)14-15-27/h6-7,17-19,27H,2-3,5,8-16H2,1,4H3/t17-,18+,19?,23-,24?/m0/s1. The van der Waals surface area contributed by atoms with E-state index < -0.39 is 27.4 Å². The zero-order valence-corrected chi connectivity index (χ0v) is 20.1. The van der Waals surface area contributed by atoms with Gasteiger partial charge in [0.25, 0.3) is 0 Å². The number of nitrogens with zero attached hydrogens (tertiary/aromatic N) is 2. The number of hydrogen-bond acceptors (Lipinski definition) is 6. The predicted molar refractivity (Wildman–Crippen MR) is 125 cm³/mol. The van der Waals surface area contributed by atoms with E-state index in [0.29, 0.717) is 25.9 Å². The fourth-order valence-electron chi connectivity index (χ4n) is 5.71. The van der Waals surface area contributed by atoms with Crippen molar-refractivity contribution in [3.63, 3.8) is 0 Å². The van der Waals surface area contributed by atoms with Crippen LogP contribution in [0.1, 0.15) is 46.0 Å². The molecule has 5 atom stereocenters. The number of amides is 2. The maximum absolute atomic E-state index is 13.9. The molecule has 3 aliphatic heterocycles. The van der Waals surface area contributed by atoms with Crippen LogP contribution in [-0.2, 0) is 19.1 Å². The number of hydrogen-bond donors (Lipinski definition) is 1. The summed E-state index contributed by atoms with van der Waals surface area (Å²) in [6.45, 7) is 12.6. The normalized spacial score (nSPS) is 32.7. The predicted octanol–water partition coefficient (Wildman–Crippen LogP) is 2.39. The average molecular weight is 465 g/mol. The van der Waals surface area contributed by atoms with Crippen molar-refractivity contribution in [3.8, 4) is 0 Å². The molecule has 3 saturated heterocycles. The number of thioether (sulfide) groups is 1. The molecule has 0 aromatic rings. The molecular formula is C24H36N2O5S. The van der Waals surface area contributed by atoms with Gasteiger partial charge in [0.05, 0.1) is 29.8 Å². The maximum atomic E-state index is 13.9. The molecule has 0 aromatic heterocycles. The third-order valence-corrected chi connectivity index (χ3v) is 9.10. The average Bonchev–Trinajstić information content (AvgIpc) is 3.32. The molecule has 0 radical (unpaired) electrons. The number of aliphatic hydroxyl groups excluding tert-OH is 1. The molecular weight excluding hydrogens is 428 g/mol. The molecule has 8 heteroatoms.